The third-order valence-corrected chi connectivity index (χ3v) is 2.95. The molecule has 0 amide bonds. The van der Waals surface area contributed by atoms with Crippen molar-refractivity contribution >= 4 is 11.5 Å². The predicted octanol–water partition coefficient (Wildman–Crippen LogP) is 1.99. The van der Waals surface area contributed by atoms with Crippen LogP contribution in [-0.4, -0.2) is 17.0 Å². The molecule has 2 aromatic rings. The quantitative estimate of drug-likeness (QED) is 0.674. The molecule has 0 bridgehead atoms. The SMILES string of the molecule is COc1nc(N)c(C#N)c(-c2cccc([N+](=O)[O-])c2)c1C#N. The molecular weight excluding hydrogens is 286 g/mol. The number of nitrogens with two attached hydrogens (primary N) is 1. The third kappa shape index (κ3) is 2.37. The third-order valence-electron chi connectivity index (χ3n) is 2.95. The molecule has 108 valence electrons. The van der Waals surface area contributed by atoms with Gasteiger partial charge in [-0.3, -0.25) is 10.1 Å². The highest BCUT2D eigenvalue weighted by Gasteiger charge is 2.21. The molecule has 2 N–H and O–H groups in total. The van der Waals surface area contributed by atoms with Crippen LogP contribution in [0.15, 0.2) is 24.3 Å². The number of nitrogens with zero attached hydrogens (tertiary/aromatic N) is 4. The van der Waals surface area contributed by atoms with E-state index in [2.05, 4.69) is 4.98 Å². The average molecular weight is 295 g/mol. The van der Waals surface area contributed by atoms with E-state index in [1.54, 1.807) is 6.07 Å². The van der Waals surface area contributed by atoms with Gasteiger partial charge in [0.2, 0.25) is 5.88 Å². The van der Waals surface area contributed by atoms with E-state index in [4.69, 9.17) is 10.5 Å². The van der Waals surface area contributed by atoms with Gasteiger partial charge >= 0.3 is 0 Å². The van der Waals surface area contributed by atoms with Gasteiger partial charge in [-0.05, 0) is 5.56 Å². The number of nitro groups is 1. The lowest BCUT2D eigenvalue weighted by atomic mass is 9.96. The zero-order chi connectivity index (χ0) is 16.3. The van der Waals surface area contributed by atoms with Crippen LogP contribution < -0.4 is 10.5 Å². The van der Waals surface area contributed by atoms with Gasteiger partial charge in [-0.25, -0.2) is 0 Å². The molecule has 8 heteroatoms. The number of rotatable bonds is 3. The Hall–Kier alpha value is -3.65. The Balaban J connectivity index is 2.87. The summed E-state index contributed by atoms with van der Waals surface area (Å²) in [4.78, 5) is 14.2. The number of nitriles is 2. The lowest BCUT2D eigenvalue weighted by Crippen LogP contribution is -2.04. The highest BCUT2D eigenvalue weighted by Crippen LogP contribution is 2.35. The lowest BCUT2D eigenvalue weighted by molar-refractivity contribution is -0.384. The fourth-order valence-electron chi connectivity index (χ4n) is 2.01. The van der Waals surface area contributed by atoms with Gasteiger partial charge in [-0.1, -0.05) is 12.1 Å². The Morgan fingerprint density at radius 2 is 2.00 bits per heavy atom. The standard InChI is InChI=1S/C14H9N5O3/c1-22-14-11(7-16)12(10(6-15)13(17)18-14)8-3-2-4-9(5-8)19(20)21/h2-5H,1H3,(H2,17,18). The Labute approximate surface area is 125 Å². The first-order valence-electron chi connectivity index (χ1n) is 5.96. The molecule has 0 aliphatic heterocycles. The van der Waals surface area contributed by atoms with Crippen molar-refractivity contribution in [3.05, 3.63) is 45.5 Å². The number of hydrogen-bond acceptors (Lipinski definition) is 7. The second-order valence-electron chi connectivity index (χ2n) is 4.16. The van der Waals surface area contributed by atoms with Crippen LogP contribution in [0.25, 0.3) is 11.1 Å². The minimum atomic E-state index is -0.566. The number of hydrogen-bond donors (Lipinski definition) is 1. The number of non-ortho nitro benzene ring substituents is 1. The number of nitrogen functional groups attached to an aromatic ring is 1. The number of pyridine rings is 1. The number of aromatic nitrogens is 1. The van der Waals surface area contributed by atoms with Crippen molar-refractivity contribution in [3.63, 3.8) is 0 Å². The number of benzene rings is 1. The first-order chi connectivity index (χ1) is 10.5. The van der Waals surface area contributed by atoms with Gasteiger partial charge in [0.15, 0.2) is 0 Å². The van der Waals surface area contributed by atoms with Crippen LogP contribution in [0, 0.1) is 32.8 Å². The molecule has 8 nitrogen and oxygen atoms in total. The Kier molecular flexibility index (Phi) is 3.87. The van der Waals surface area contributed by atoms with Gasteiger partial charge in [-0.15, -0.1) is 0 Å². The summed E-state index contributed by atoms with van der Waals surface area (Å²) in [6.07, 6.45) is 0. The first kappa shape index (κ1) is 14.8. The molecule has 0 fully saturated rings. The van der Waals surface area contributed by atoms with Crippen LogP contribution in [0.4, 0.5) is 11.5 Å². The van der Waals surface area contributed by atoms with E-state index in [-0.39, 0.29) is 34.1 Å². The van der Waals surface area contributed by atoms with Crippen LogP contribution in [0.2, 0.25) is 0 Å². The van der Waals surface area contributed by atoms with Gasteiger partial charge in [0.1, 0.15) is 29.1 Å². The minimum absolute atomic E-state index is 0.00579. The second kappa shape index (κ2) is 5.77. The minimum Gasteiger partial charge on any atom is -0.480 e. The van der Waals surface area contributed by atoms with Crippen molar-refractivity contribution in [2.75, 3.05) is 12.8 Å². The van der Waals surface area contributed by atoms with Crippen molar-refractivity contribution in [2.24, 2.45) is 0 Å². The molecule has 0 radical (unpaired) electrons. The maximum absolute atomic E-state index is 10.9. The maximum atomic E-state index is 10.9. The Morgan fingerprint density at radius 3 is 2.55 bits per heavy atom. The van der Waals surface area contributed by atoms with Crippen LogP contribution >= 0.6 is 0 Å². The summed E-state index contributed by atoms with van der Waals surface area (Å²) in [7, 11) is 1.31. The lowest BCUT2D eigenvalue weighted by Gasteiger charge is -2.11. The monoisotopic (exact) mass is 295 g/mol. The zero-order valence-electron chi connectivity index (χ0n) is 11.4. The molecule has 1 aromatic heterocycles. The molecule has 0 aliphatic carbocycles. The van der Waals surface area contributed by atoms with Crippen LogP contribution in [0.5, 0.6) is 5.88 Å². The Morgan fingerprint density at radius 1 is 1.32 bits per heavy atom. The summed E-state index contributed by atoms with van der Waals surface area (Å²) in [5.74, 6) is -0.152. The molecule has 1 heterocycles. The summed E-state index contributed by atoms with van der Waals surface area (Å²) in [5.41, 5.74) is 5.99. The summed E-state index contributed by atoms with van der Waals surface area (Å²) in [6, 6.07) is 9.34. The fraction of sp³-hybridized carbons (Fsp3) is 0.0714. The molecule has 22 heavy (non-hydrogen) atoms. The van der Waals surface area contributed by atoms with Gasteiger partial charge < -0.3 is 10.5 Å². The second-order valence-corrected chi connectivity index (χ2v) is 4.16. The number of anilines is 1. The van der Waals surface area contributed by atoms with E-state index < -0.39 is 4.92 Å². The van der Waals surface area contributed by atoms with E-state index in [0.29, 0.717) is 5.56 Å². The normalized spacial score (nSPS) is 9.59. The summed E-state index contributed by atoms with van der Waals surface area (Å²) < 4.78 is 5.00. The predicted molar refractivity (Wildman–Crippen MR) is 76.7 cm³/mol. The van der Waals surface area contributed by atoms with E-state index >= 15 is 0 Å². The van der Waals surface area contributed by atoms with Crippen LogP contribution in [0.3, 0.4) is 0 Å². The zero-order valence-corrected chi connectivity index (χ0v) is 11.4. The van der Waals surface area contributed by atoms with E-state index in [0.717, 1.165) is 0 Å². The molecule has 1 aromatic carbocycles. The van der Waals surface area contributed by atoms with E-state index in [1.165, 1.54) is 25.3 Å². The van der Waals surface area contributed by atoms with E-state index in [9.17, 15) is 20.6 Å². The van der Waals surface area contributed by atoms with Gasteiger partial charge in [0.05, 0.1) is 12.0 Å². The summed E-state index contributed by atoms with van der Waals surface area (Å²) in [6.45, 7) is 0. The van der Waals surface area contributed by atoms with Crippen LogP contribution in [-0.2, 0) is 0 Å². The molecule has 0 saturated heterocycles. The molecule has 0 saturated carbocycles. The van der Waals surface area contributed by atoms with Crippen LogP contribution in [0.1, 0.15) is 11.1 Å². The summed E-state index contributed by atoms with van der Waals surface area (Å²) in [5, 5.41) is 29.5. The fourth-order valence-corrected chi connectivity index (χ4v) is 2.01. The molecule has 2 rings (SSSR count). The molecule has 0 unspecified atom stereocenters. The number of methoxy groups -OCH3 is 1. The van der Waals surface area contributed by atoms with Crippen molar-refractivity contribution in [1.82, 2.24) is 4.98 Å². The van der Waals surface area contributed by atoms with Gasteiger partial charge in [0, 0.05) is 17.7 Å². The molecule has 0 spiro atoms. The number of ether oxygens (including phenoxy) is 1. The number of nitro benzene ring substituents is 1. The van der Waals surface area contributed by atoms with Crippen molar-refractivity contribution in [1.29, 1.82) is 10.5 Å². The Bertz CT molecular complexity index is 849. The molecule has 0 aliphatic rings. The first-order valence-corrected chi connectivity index (χ1v) is 5.96. The topological polar surface area (TPSA) is 139 Å². The van der Waals surface area contributed by atoms with Crippen molar-refractivity contribution in [2.45, 2.75) is 0 Å². The van der Waals surface area contributed by atoms with Gasteiger partial charge in [0.25, 0.3) is 5.69 Å². The largest absolute Gasteiger partial charge is 0.480 e. The van der Waals surface area contributed by atoms with Gasteiger partial charge in [-0.2, -0.15) is 15.5 Å². The van der Waals surface area contributed by atoms with Crippen molar-refractivity contribution < 1.29 is 9.66 Å². The molecule has 0 atom stereocenters. The smallest absolute Gasteiger partial charge is 0.270 e. The maximum Gasteiger partial charge on any atom is 0.270 e. The average Bonchev–Trinajstić information content (AvgIpc) is 2.53. The van der Waals surface area contributed by atoms with E-state index in [1.807, 2.05) is 12.1 Å². The summed E-state index contributed by atoms with van der Waals surface area (Å²) >= 11 is 0. The highest BCUT2D eigenvalue weighted by atomic mass is 16.6. The molecular formula is C14H9N5O3. The van der Waals surface area contributed by atoms with Crippen molar-refractivity contribution in [3.8, 4) is 29.1 Å². The highest BCUT2D eigenvalue weighted by molar-refractivity contribution is 5.83.